The highest BCUT2D eigenvalue weighted by Gasteiger charge is 2.20. The third kappa shape index (κ3) is 2.93. The van der Waals surface area contributed by atoms with E-state index in [0.717, 1.165) is 0 Å². The van der Waals surface area contributed by atoms with Crippen molar-refractivity contribution in [3.63, 3.8) is 0 Å². The Morgan fingerprint density at radius 2 is 2.28 bits per heavy atom. The van der Waals surface area contributed by atoms with Crippen LogP contribution in [0.2, 0.25) is 0 Å². The first-order valence-corrected chi connectivity index (χ1v) is 7.59. The molecule has 0 saturated carbocycles. The number of hydrogen-bond acceptors (Lipinski definition) is 6. The normalized spacial score (nSPS) is 11.8. The molecule has 0 aliphatic carbocycles. The second-order valence-corrected chi connectivity index (χ2v) is 5.98. The molecule has 0 saturated heterocycles. The fourth-order valence-electron chi connectivity index (χ4n) is 1.41. The molecule has 98 valence electrons. The van der Waals surface area contributed by atoms with Crippen molar-refractivity contribution in [2.75, 3.05) is 7.05 Å². The third-order valence-electron chi connectivity index (χ3n) is 2.24. The molecule has 0 aromatic carbocycles. The number of aromatic amines is 1. The van der Waals surface area contributed by atoms with Crippen LogP contribution < -0.4 is 10.0 Å². The Morgan fingerprint density at radius 3 is 2.94 bits per heavy atom. The summed E-state index contributed by atoms with van der Waals surface area (Å²) in [6.07, 6.45) is 1.49. The Bertz CT molecular complexity index is 590. The van der Waals surface area contributed by atoms with Gasteiger partial charge in [-0.25, -0.2) is 18.1 Å². The summed E-state index contributed by atoms with van der Waals surface area (Å²) >= 11 is 1.42. The Hall–Kier alpha value is -1.29. The molecule has 0 radical (unpaired) electrons. The molecule has 7 nitrogen and oxygen atoms in total. The zero-order chi connectivity index (χ0) is 13.0. The number of thiazole rings is 1. The number of sulfonamides is 1. The summed E-state index contributed by atoms with van der Waals surface area (Å²) < 4.78 is 26.6. The van der Waals surface area contributed by atoms with Gasteiger partial charge in [0.2, 0.25) is 0 Å². The first-order valence-electron chi connectivity index (χ1n) is 5.17. The maximum atomic E-state index is 12.0. The van der Waals surface area contributed by atoms with E-state index in [0.29, 0.717) is 17.8 Å². The van der Waals surface area contributed by atoms with Crippen LogP contribution in [0.3, 0.4) is 0 Å². The number of rotatable bonds is 6. The highest BCUT2D eigenvalue weighted by atomic mass is 32.2. The van der Waals surface area contributed by atoms with Crippen LogP contribution in [0.5, 0.6) is 0 Å². The molecule has 2 aromatic heterocycles. The molecule has 0 amide bonds. The molecule has 3 N–H and O–H groups in total. The summed E-state index contributed by atoms with van der Waals surface area (Å²) in [5.74, 6) is 0. The van der Waals surface area contributed by atoms with Crippen LogP contribution in [-0.2, 0) is 23.1 Å². The lowest BCUT2D eigenvalue weighted by atomic mass is 10.4. The topological polar surface area (TPSA) is 99.8 Å². The monoisotopic (exact) mass is 287 g/mol. The average molecular weight is 287 g/mol. The predicted octanol–water partition coefficient (Wildman–Crippen LogP) is 0.0641. The minimum Gasteiger partial charge on any atom is -0.316 e. The second kappa shape index (κ2) is 5.57. The minimum atomic E-state index is -3.59. The van der Waals surface area contributed by atoms with Crippen molar-refractivity contribution in [1.29, 1.82) is 0 Å². The van der Waals surface area contributed by atoms with E-state index in [1.54, 1.807) is 17.9 Å². The Balaban J connectivity index is 2.12. The fraction of sp³-hybridized carbons (Fsp3) is 0.333. The predicted molar refractivity (Wildman–Crippen MR) is 67.5 cm³/mol. The lowest BCUT2D eigenvalue weighted by molar-refractivity contribution is 0.574. The molecule has 0 aliphatic heterocycles. The second-order valence-electron chi connectivity index (χ2n) is 3.56. The van der Waals surface area contributed by atoms with E-state index in [4.69, 9.17) is 0 Å². The van der Waals surface area contributed by atoms with Gasteiger partial charge in [0.25, 0.3) is 10.0 Å². The van der Waals surface area contributed by atoms with E-state index >= 15 is 0 Å². The van der Waals surface area contributed by atoms with E-state index < -0.39 is 10.0 Å². The molecule has 0 aliphatic rings. The number of nitrogens with zero attached hydrogens (tertiary/aromatic N) is 2. The third-order valence-corrected chi connectivity index (χ3v) is 4.29. The maximum Gasteiger partial charge on any atom is 0.258 e. The van der Waals surface area contributed by atoms with Gasteiger partial charge in [0.1, 0.15) is 0 Å². The van der Waals surface area contributed by atoms with Crippen LogP contribution in [-0.4, -0.2) is 30.6 Å². The standard InChI is InChI=1S/C9H13N5O2S2/c1-10-2-7-3-12-14-9(7)18(15,16)13-4-8-5-17-6-11-8/h3,5-6,10,13H,2,4H2,1H3,(H,12,14). The largest absolute Gasteiger partial charge is 0.316 e. The molecule has 0 spiro atoms. The summed E-state index contributed by atoms with van der Waals surface area (Å²) in [5.41, 5.74) is 2.95. The number of nitrogens with one attached hydrogen (secondary N) is 3. The molecule has 0 fully saturated rings. The van der Waals surface area contributed by atoms with Gasteiger partial charge in [-0.1, -0.05) is 0 Å². The summed E-state index contributed by atoms with van der Waals surface area (Å²) in [4.78, 5) is 4.01. The molecule has 2 rings (SSSR count). The number of aromatic nitrogens is 3. The molecule has 18 heavy (non-hydrogen) atoms. The summed E-state index contributed by atoms with van der Waals surface area (Å²) in [5, 5.41) is 11.0. The van der Waals surface area contributed by atoms with Gasteiger partial charge in [0, 0.05) is 17.5 Å². The number of hydrogen-bond donors (Lipinski definition) is 3. The average Bonchev–Trinajstić information content (AvgIpc) is 2.97. The van der Waals surface area contributed by atoms with Gasteiger partial charge in [-0.2, -0.15) is 5.10 Å². The lowest BCUT2D eigenvalue weighted by Crippen LogP contribution is -2.25. The summed E-state index contributed by atoms with van der Waals surface area (Å²) in [7, 11) is -1.85. The zero-order valence-corrected chi connectivity index (χ0v) is 11.3. The van der Waals surface area contributed by atoms with Crippen LogP contribution in [0.1, 0.15) is 11.3 Å². The van der Waals surface area contributed by atoms with Gasteiger partial charge in [-0.05, 0) is 7.05 Å². The van der Waals surface area contributed by atoms with Crippen molar-refractivity contribution >= 4 is 21.4 Å². The van der Waals surface area contributed by atoms with E-state index in [-0.39, 0.29) is 11.6 Å². The first kappa shape index (κ1) is 13.1. The van der Waals surface area contributed by atoms with Gasteiger partial charge in [0.15, 0.2) is 5.03 Å². The molecule has 2 heterocycles. The van der Waals surface area contributed by atoms with Crippen LogP contribution >= 0.6 is 11.3 Å². The van der Waals surface area contributed by atoms with E-state index in [9.17, 15) is 8.42 Å². The van der Waals surface area contributed by atoms with E-state index in [1.807, 2.05) is 0 Å². The van der Waals surface area contributed by atoms with Crippen molar-refractivity contribution in [2.24, 2.45) is 0 Å². The quantitative estimate of drug-likeness (QED) is 0.698. The molecule has 2 aromatic rings. The highest BCUT2D eigenvalue weighted by molar-refractivity contribution is 7.89. The lowest BCUT2D eigenvalue weighted by Gasteiger charge is -2.05. The van der Waals surface area contributed by atoms with Crippen molar-refractivity contribution in [3.05, 3.63) is 28.3 Å². The Morgan fingerprint density at radius 1 is 1.44 bits per heavy atom. The van der Waals surface area contributed by atoms with Crippen LogP contribution in [0.15, 0.2) is 22.1 Å². The smallest absolute Gasteiger partial charge is 0.258 e. The SMILES string of the molecule is CNCc1cn[nH]c1S(=O)(=O)NCc1cscn1. The number of H-pyrrole nitrogens is 1. The van der Waals surface area contributed by atoms with E-state index in [2.05, 4.69) is 25.2 Å². The van der Waals surface area contributed by atoms with Gasteiger partial charge in [0.05, 0.1) is 23.9 Å². The van der Waals surface area contributed by atoms with Gasteiger partial charge in [-0.3, -0.25) is 5.10 Å². The molecule has 0 bridgehead atoms. The molecule has 0 atom stereocenters. The van der Waals surface area contributed by atoms with Gasteiger partial charge in [-0.15, -0.1) is 11.3 Å². The Kier molecular flexibility index (Phi) is 4.07. The zero-order valence-electron chi connectivity index (χ0n) is 9.67. The molecular formula is C9H13N5O2S2. The molecule has 9 heteroatoms. The van der Waals surface area contributed by atoms with Crippen molar-refractivity contribution in [3.8, 4) is 0 Å². The van der Waals surface area contributed by atoms with Crippen LogP contribution in [0.4, 0.5) is 0 Å². The van der Waals surface area contributed by atoms with Crippen molar-refractivity contribution in [2.45, 2.75) is 18.1 Å². The van der Waals surface area contributed by atoms with Crippen LogP contribution in [0, 0.1) is 0 Å². The van der Waals surface area contributed by atoms with Crippen LogP contribution in [0.25, 0.3) is 0 Å². The van der Waals surface area contributed by atoms with Gasteiger partial charge >= 0.3 is 0 Å². The molecule has 0 unspecified atom stereocenters. The summed E-state index contributed by atoms with van der Waals surface area (Å²) in [6.45, 7) is 0.604. The highest BCUT2D eigenvalue weighted by Crippen LogP contribution is 2.12. The van der Waals surface area contributed by atoms with Gasteiger partial charge < -0.3 is 5.32 Å². The van der Waals surface area contributed by atoms with E-state index in [1.165, 1.54) is 17.5 Å². The summed E-state index contributed by atoms with van der Waals surface area (Å²) in [6, 6.07) is 0. The maximum absolute atomic E-state index is 12.0. The Labute approximate surface area is 109 Å². The van der Waals surface area contributed by atoms with Crippen molar-refractivity contribution < 1.29 is 8.42 Å². The van der Waals surface area contributed by atoms with Crippen molar-refractivity contribution in [1.82, 2.24) is 25.2 Å². The minimum absolute atomic E-state index is 0.0899. The first-order chi connectivity index (χ1) is 8.63. The molecular weight excluding hydrogens is 274 g/mol. The fourth-order valence-corrected chi connectivity index (χ4v) is 3.10.